The lowest BCUT2D eigenvalue weighted by Crippen LogP contribution is -2.14. The first-order chi connectivity index (χ1) is 6.06. The number of hydrogen-bond acceptors (Lipinski definition) is 3. The van der Waals surface area contributed by atoms with Crippen molar-refractivity contribution in [2.45, 2.75) is 6.04 Å². The van der Waals surface area contributed by atoms with Crippen molar-refractivity contribution < 1.29 is 10.2 Å². The summed E-state index contributed by atoms with van der Waals surface area (Å²) in [6.45, 7) is -0.121. The van der Waals surface area contributed by atoms with Crippen LogP contribution in [0.1, 0.15) is 11.6 Å². The highest BCUT2D eigenvalue weighted by atomic mass is 79.9. The van der Waals surface area contributed by atoms with E-state index in [-0.39, 0.29) is 24.8 Å². The van der Waals surface area contributed by atoms with Gasteiger partial charge in [-0.25, -0.2) is 0 Å². The van der Waals surface area contributed by atoms with Gasteiger partial charge >= 0.3 is 0 Å². The van der Waals surface area contributed by atoms with Gasteiger partial charge in [-0.2, -0.15) is 0 Å². The Hall–Kier alpha value is 0.190. The summed E-state index contributed by atoms with van der Waals surface area (Å²) in [5, 5.41) is 18.2. The van der Waals surface area contributed by atoms with Crippen LogP contribution in [0.15, 0.2) is 21.1 Å². The smallest absolute Gasteiger partial charge is 0.143 e. The number of benzene rings is 1. The highest BCUT2D eigenvalue weighted by Gasteiger charge is 2.10. The SMILES string of the molecule is Cl.N[C@@H](CO)c1cc(Br)c(O)c(Br)c1. The third-order valence-corrected chi connectivity index (χ3v) is 2.87. The number of phenols is 1. The number of rotatable bonds is 2. The second kappa shape index (κ2) is 5.92. The fourth-order valence-corrected chi connectivity index (χ4v) is 2.13. The van der Waals surface area contributed by atoms with E-state index in [4.69, 9.17) is 10.8 Å². The van der Waals surface area contributed by atoms with Crippen LogP contribution in [-0.2, 0) is 0 Å². The molecule has 0 saturated heterocycles. The van der Waals surface area contributed by atoms with Gasteiger partial charge < -0.3 is 15.9 Å². The average Bonchev–Trinajstić information content (AvgIpc) is 2.12. The van der Waals surface area contributed by atoms with Crippen molar-refractivity contribution in [1.29, 1.82) is 0 Å². The lowest BCUT2D eigenvalue weighted by molar-refractivity contribution is 0.268. The lowest BCUT2D eigenvalue weighted by atomic mass is 10.1. The molecule has 0 amide bonds. The summed E-state index contributed by atoms with van der Waals surface area (Å²) >= 11 is 6.35. The lowest BCUT2D eigenvalue weighted by Gasteiger charge is -2.10. The molecule has 0 radical (unpaired) electrons. The number of nitrogens with two attached hydrogens (primary N) is 1. The Bertz CT molecular complexity index is 299. The monoisotopic (exact) mass is 345 g/mol. The van der Waals surface area contributed by atoms with E-state index in [1.165, 1.54) is 0 Å². The molecule has 0 aliphatic heterocycles. The Morgan fingerprint density at radius 3 is 2.07 bits per heavy atom. The number of aliphatic hydroxyl groups excluding tert-OH is 1. The van der Waals surface area contributed by atoms with Gasteiger partial charge in [0.05, 0.1) is 21.6 Å². The van der Waals surface area contributed by atoms with Crippen LogP contribution in [-0.4, -0.2) is 16.8 Å². The van der Waals surface area contributed by atoms with Crippen LogP contribution in [0.2, 0.25) is 0 Å². The van der Waals surface area contributed by atoms with Crippen LogP contribution in [0.4, 0.5) is 0 Å². The molecule has 80 valence electrons. The van der Waals surface area contributed by atoms with Crippen LogP contribution in [0, 0.1) is 0 Å². The molecule has 0 aliphatic carbocycles. The zero-order valence-electron chi connectivity index (χ0n) is 7.08. The second-order valence-corrected chi connectivity index (χ2v) is 4.33. The third kappa shape index (κ3) is 3.10. The maximum absolute atomic E-state index is 9.39. The van der Waals surface area contributed by atoms with Crippen molar-refractivity contribution >= 4 is 44.3 Å². The Morgan fingerprint density at radius 2 is 1.71 bits per heavy atom. The second-order valence-electron chi connectivity index (χ2n) is 2.62. The number of hydrogen-bond donors (Lipinski definition) is 3. The molecule has 14 heavy (non-hydrogen) atoms. The Labute approximate surface area is 105 Å². The van der Waals surface area contributed by atoms with Gasteiger partial charge in [-0.3, -0.25) is 0 Å². The summed E-state index contributed by atoms with van der Waals surface area (Å²) in [7, 11) is 0. The Morgan fingerprint density at radius 1 is 1.29 bits per heavy atom. The molecule has 0 fully saturated rings. The maximum Gasteiger partial charge on any atom is 0.143 e. The summed E-state index contributed by atoms with van der Waals surface area (Å²) in [6, 6.07) is 2.94. The molecule has 0 unspecified atom stereocenters. The zero-order valence-corrected chi connectivity index (χ0v) is 11.1. The summed E-state index contributed by atoms with van der Waals surface area (Å²) in [5.74, 6) is 0.133. The average molecular weight is 347 g/mol. The van der Waals surface area contributed by atoms with Gasteiger partial charge in [0.2, 0.25) is 0 Å². The zero-order chi connectivity index (χ0) is 10.0. The fourth-order valence-electron chi connectivity index (χ4n) is 0.905. The normalized spacial score (nSPS) is 12.0. The van der Waals surface area contributed by atoms with Gasteiger partial charge in [0.15, 0.2) is 0 Å². The highest BCUT2D eigenvalue weighted by molar-refractivity contribution is 9.11. The third-order valence-electron chi connectivity index (χ3n) is 1.66. The van der Waals surface area contributed by atoms with Gasteiger partial charge in [-0.1, -0.05) is 0 Å². The van der Waals surface area contributed by atoms with Crippen LogP contribution < -0.4 is 5.73 Å². The van der Waals surface area contributed by atoms with Crippen LogP contribution in [0.3, 0.4) is 0 Å². The van der Waals surface area contributed by atoms with E-state index in [0.29, 0.717) is 8.95 Å². The summed E-state index contributed by atoms with van der Waals surface area (Å²) in [5.41, 5.74) is 6.37. The minimum absolute atomic E-state index is 0. The molecule has 4 N–H and O–H groups in total. The quantitative estimate of drug-likeness (QED) is 0.769. The van der Waals surface area contributed by atoms with Gasteiger partial charge in [-0.15, -0.1) is 12.4 Å². The Kier molecular flexibility index (Phi) is 6.00. The maximum atomic E-state index is 9.39. The predicted octanol–water partition coefficient (Wildman–Crippen LogP) is 2.33. The molecule has 1 rings (SSSR count). The minimum atomic E-state index is -0.423. The molecular formula is C8H10Br2ClNO2. The van der Waals surface area contributed by atoms with E-state index >= 15 is 0 Å². The van der Waals surface area contributed by atoms with Crippen molar-refractivity contribution in [1.82, 2.24) is 0 Å². The predicted molar refractivity (Wildman–Crippen MR) is 64.8 cm³/mol. The molecule has 0 aliphatic rings. The number of halogens is 3. The largest absolute Gasteiger partial charge is 0.506 e. The first-order valence-electron chi connectivity index (χ1n) is 3.60. The summed E-state index contributed by atoms with van der Waals surface area (Å²) < 4.78 is 1.11. The molecule has 0 aromatic heterocycles. The Balaban J connectivity index is 0.00000169. The van der Waals surface area contributed by atoms with E-state index in [1.807, 2.05) is 0 Å². The molecule has 0 heterocycles. The van der Waals surface area contributed by atoms with Crippen molar-refractivity contribution in [3.63, 3.8) is 0 Å². The summed E-state index contributed by atoms with van der Waals surface area (Å²) in [6.07, 6.45) is 0. The molecule has 6 heteroatoms. The van der Waals surface area contributed by atoms with Crippen molar-refractivity contribution in [3.05, 3.63) is 26.6 Å². The molecule has 1 atom stereocenters. The summed E-state index contributed by atoms with van der Waals surface area (Å²) in [4.78, 5) is 0. The van der Waals surface area contributed by atoms with Gasteiger partial charge in [0.25, 0.3) is 0 Å². The molecule has 1 aromatic carbocycles. The van der Waals surface area contributed by atoms with E-state index in [0.717, 1.165) is 5.56 Å². The first-order valence-corrected chi connectivity index (χ1v) is 5.19. The van der Waals surface area contributed by atoms with Crippen molar-refractivity contribution in [2.24, 2.45) is 5.73 Å². The number of phenolic OH excluding ortho intramolecular Hbond substituents is 1. The van der Waals surface area contributed by atoms with Crippen LogP contribution in [0.5, 0.6) is 5.75 Å². The van der Waals surface area contributed by atoms with Crippen molar-refractivity contribution in [2.75, 3.05) is 6.61 Å². The first kappa shape index (κ1) is 14.2. The van der Waals surface area contributed by atoms with Crippen LogP contribution >= 0.6 is 44.3 Å². The molecule has 0 spiro atoms. The van der Waals surface area contributed by atoms with E-state index < -0.39 is 6.04 Å². The van der Waals surface area contributed by atoms with Crippen molar-refractivity contribution in [3.8, 4) is 5.75 Å². The molecule has 1 aromatic rings. The molecule has 0 saturated carbocycles. The number of aliphatic hydroxyl groups is 1. The van der Waals surface area contributed by atoms with E-state index in [2.05, 4.69) is 31.9 Å². The minimum Gasteiger partial charge on any atom is -0.506 e. The standard InChI is InChI=1S/C8H9Br2NO2.ClH/c9-5-1-4(7(11)3-12)2-6(10)8(5)13;/h1-2,7,12-13H,3,11H2;1H/t7-;/m0./s1. The van der Waals surface area contributed by atoms with E-state index in [1.54, 1.807) is 12.1 Å². The van der Waals surface area contributed by atoms with Gasteiger partial charge in [0, 0.05) is 0 Å². The van der Waals surface area contributed by atoms with Gasteiger partial charge in [0.1, 0.15) is 5.75 Å². The van der Waals surface area contributed by atoms with Crippen LogP contribution in [0.25, 0.3) is 0 Å². The fraction of sp³-hybridized carbons (Fsp3) is 0.250. The van der Waals surface area contributed by atoms with Gasteiger partial charge in [-0.05, 0) is 49.6 Å². The molecular weight excluding hydrogens is 337 g/mol. The molecule has 3 nitrogen and oxygen atoms in total. The highest BCUT2D eigenvalue weighted by Crippen LogP contribution is 2.34. The van der Waals surface area contributed by atoms with E-state index in [9.17, 15) is 5.11 Å². The topological polar surface area (TPSA) is 66.5 Å². The molecule has 0 bridgehead atoms. The number of aromatic hydroxyl groups is 1.